The predicted octanol–water partition coefficient (Wildman–Crippen LogP) is 6.68. The minimum atomic E-state index is -1.50. The quantitative estimate of drug-likeness (QED) is 0.113. The van der Waals surface area contributed by atoms with Crippen molar-refractivity contribution in [2.24, 2.45) is 16.2 Å². The van der Waals surface area contributed by atoms with E-state index in [1.165, 1.54) is 13.2 Å². The average Bonchev–Trinajstić information content (AvgIpc) is 3.49. The van der Waals surface area contributed by atoms with Crippen molar-refractivity contribution in [2.75, 3.05) is 33.4 Å². The maximum absolute atomic E-state index is 13.8. The van der Waals surface area contributed by atoms with Crippen LogP contribution in [0.3, 0.4) is 0 Å². The zero-order chi connectivity index (χ0) is 44.0. The first-order valence-corrected chi connectivity index (χ1v) is 19.6. The number of carbonyl (C=O) groups is 5. The number of aliphatic hydroxyl groups is 2. The molecule has 13 heteroatoms. The van der Waals surface area contributed by atoms with Gasteiger partial charge in [0.05, 0.1) is 16.4 Å². The Bertz CT molecular complexity index is 2020. The van der Waals surface area contributed by atoms with Gasteiger partial charge >= 0.3 is 17.9 Å². The number of likely N-dealkylation sites (tertiary alicyclic amines) is 1. The zero-order valence-electron chi connectivity index (χ0n) is 36.5. The van der Waals surface area contributed by atoms with E-state index >= 15 is 0 Å². The van der Waals surface area contributed by atoms with Gasteiger partial charge in [0.1, 0.15) is 23.0 Å². The van der Waals surface area contributed by atoms with Crippen LogP contribution in [0.4, 0.5) is 0 Å². The van der Waals surface area contributed by atoms with Crippen molar-refractivity contribution < 1.29 is 54.5 Å². The molecule has 0 unspecified atom stereocenters. The van der Waals surface area contributed by atoms with Crippen molar-refractivity contribution in [1.82, 2.24) is 10.2 Å². The summed E-state index contributed by atoms with van der Waals surface area (Å²) < 4.78 is 37.4. The van der Waals surface area contributed by atoms with Gasteiger partial charge in [-0.2, -0.15) is 0 Å². The first-order chi connectivity index (χ1) is 28.3. The number of hydrogen-bond acceptors (Lipinski definition) is 11. The molecule has 3 aromatic rings. The molecular formula is C45H56N2O11. The van der Waals surface area contributed by atoms with Gasteiger partial charge in [-0.1, -0.05) is 19.4 Å². The highest BCUT2D eigenvalue weighted by Gasteiger charge is 2.54. The van der Waals surface area contributed by atoms with Crippen molar-refractivity contribution >= 4 is 29.7 Å². The normalized spacial score (nSPS) is 16.5. The van der Waals surface area contributed by atoms with Crippen LogP contribution in [0.15, 0.2) is 54.6 Å². The van der Waals surface area contributed by atoms with Crippen LogP contribution in [0, 0.1) is 16.2 Å². The summed E-state index contributed by atoms with van der Waals surface area (Å²) in [5.74, 6) is -0.869. The van der Waals surface area contributed by atoms with Crippen LogP contribution in [0.25, 0.3) is 0 Å². The number of piperidine rings is 1. The number of unbranched alkanes of at least 4 members (excludes halogenated alkanes) is 2. The number of carbonyl (C=O) groups excluding carboxylic acids is 5. The van der Waals surface area contributed by atoms with Gasteiger partial charge in [-0.05, 0) is 109 Å². The van der Waals surface area contributed by atoms with Crippen molar-refractivity contribution in [2.45, 2.75) is 92.6 Å². The van der Waals surface area contributed by atoms with Gasteiger partial charge in [-0.3, -0.25) is 19.2 Å². The van der Waals surface area contributed by atoms with Gasteiger partial charge in [0, 0.05) is 75.5 Å². The molecule has 3 N–H and O–H groups in total. The Morgan fingerprint density at radius 2 is 1.40 bits per heavy atom. The monoisotopic (exact) mass is 804 g/mol. The van der Waals surface area contributed by atoms with Crippen LogP contribution < -0.4 is 19.5 Å². The molecule has 0 aromatic heterocycles. The molecule has 3 aromatic carbocycles. The Balaban J connectivity index is 0.00000221. The lowest BCUT2D eigenvalue weighted by atomic mass is 9.77. The molecule has 2 amide bonds. The molecule has 0 saturated carbocycles. The molecule has 3 heterocycles. The summed E-state index contributed by atoms with van der Waals surface area (Å²) in [6.07, 6.45) is 3.75. The van der Waals surface area contributed by atoms with Crippen LogP contribution in [-0.2, 0) is 24.7 Å². The zero-order valence-corrected chi connectivity index (χ0v) is 34.5. The second-order valence-corrected chi connectivity index (χ2v) is 17.1. The topological polar surface area (TPSA) is 178 Å². The first kappa shape index (κ1) is 40.9. The van der Waals surface area contributed by atoms with E-state index in [0.717, 1.165) is 6.42 Å². The number of ether oxygens (including phenoxy) is 4. The summed E-state index contributed by atoms with van der Waals surface area (Å²) in [4.78, 5) is 67.1. The number of nitrogens with zero attached hydrogens (tertiary/aromatic N) is 1. The molecule has 1 spiro atoms. The Morgan fingerprint density at radius 1 is 0.845 bits per heavy atom. The molecule has 58 heavy (non-hydrogen) atoms. The van der Waals surface area contributed by atoms with Crippen molar-refractivity contribution in [3.8, 4) is 23.0 Å². The number of esters is 3. The van der Waals surface area contributed by atoms with Crippen LogP contribution >= 0.6 is 0 Å². The van der Waals surface area contributed by atoms with E-state index in [1.54, 1.807) is 90.1 Å². The molecule has 0 bridgehead atoms. The third-order valence-corrected chi connectivity index (χ3v) is 10.5. The summed E-state index contributed by atoms with van der Waals surface area (Å²) in [5, 5.41) is 16.1. The van der Waals surface area contributed by atoms with E-state index in [9.17, 15) is 29.1 Å². The highest BCUT2D eigenvalue weighted by atomic mass is 16.6. The minimum Gasteiger partial charge on any atom is -0.456 e. The number of rotatable bonds is 10. The number of aliphatic hydroxyl groups excluding tert-OH is 2. The molecule has 1 saturated heterocycles. The number of amides is 2. The van der Waals surface area contributed by atoms with E-state index in [0.29, 0.717) is 68.4 Å². The summed E-state index contributed by atoms with van der Waals surface area (Å²) >= 11 is 0. The number of hydrogen-bond donors (Lipinski definition) is 3. The lowest BCUT2D eigenvalue weighted by molar-refractivity contribution is -0.143. The fourth-order valence-corrected chi connectivity index (χ4v) is 6.91. The molecule has 0 aliphatic carbocycles. The van der Waals surface area contributed by atoms with E-state index in [2.05, 4.69) is 10.4 Å². The molecule has 3 aliphatic heterocycles. The molecule has 13 nitrogen and oxygen atoms in total. The van der Waals surface area contributed by atoms with Gasteiger partial charge < -0.3 is 39.4 Å². The van der Waals surface area contributed by atoms with Crippen LogP contribution in [0.1, 0.15) is 126 Å². The molecule has 0 atom stereocenters. The van der Waals surface area contributed by atoms with E-state index in [-0.39, 0.29) is 59.4 Å². The molecule has 312 valence electrons. The molecule has 1 fully saturated rings. The molecule has 0 radical (unpaired) electrons. The summed E-state index contributed by atoms with van der Waals surface area (Å²) in [5.41, 5.74) is -1.55. The van der Waals surface area contributed by atoms with Crippen molar-refractivity contribution in [3.63, 3.8) is 0 Å². The maximum atomic E-state index is 13.8. The number of benzene rings is 3. The van der Waals surface area contributed by atoms with Crippen LogP contribution in [-0.4, -0.2) is 79.6 Å². The Labute approximate surface area is 342 Å². The summed E-state index contributed by atoms with van der Waals surface area (Å²) in [6, 6.07) is 14.5. The van der Waals surface area contributed by atoms with Crippen LogP contribution in [0.5, 0.6) is 23.0 Å². The largest absolute Gasteiger partial charge is 0.456 e. The van der Waals surface area contributed by atoms with Crippen molar-refractivity contribution in [3.05, 3.63) is 82.4 Å². The Morgan fingerprint density at radius 3 is 1.91 bits per heavy atom. The maximum Gasteiger partial charge on any atom is 0.340 e. The fourth-order valence-electron chi connectivity index (χ4n) is 6.91. The van der Waals surface area contributed by atoms with Gasteiger partial charge in [0.25, 0.3) is 5.91 Å². The molecule has 6 rings (SSSR count). The highest BCUT2D eigenvalue weighted by Crippen LogP contribution is 2.57. The average molecular weight is 805 g/mol. The van der Waals surface area contributed by atoms with Gasteiger partial charge in [-0.15, -0.1) is 0 Å². The van der Waals surface area contributed by atoms with Gasteiger partial charge in [-0.25, -0.2) is 4.79 Å². The van der Waals surface area contributed by atoms with Gasteiger partial charge in [0.15, 0.2) is 5.60 Å². The van der Waals surface area contributed by atoms with Crippen molar-refractivity contribution in [1.29, 1.82) is 1.43 Å². The van der Waals surface area contributed by atoms with Crippen LogP contribution in [0.2, 0.25) is 0 Å². The summed E-state index contributed by atoms with van der Waals surface area (Å²) in [7, 11) is 1.29. The molecule has 3 aliphatic rings. The van der Waals surface area contributed by atoms with Gasteiger partial charge in [0.2, 0.25) is 7.34 Å². The number of nitrogens with one attached hydrogen (secondary N) is 1. The van der Waals surface area contributed by atoms with E-state index < -0.39 is 39.8 Å². The lowest BCUT2D eigenvalue weighted by Crippen LogP contribution is -2.43. The smallest absolute Gasteiger partial charge is 0.340 e. The minimum absolute atomic E-state index is 0.0289. The lowest BCUT2D eigenvalue weighted by Gasteiger charge is -2.38. The summed E-state index contributed by atoms with van der Waals surface area (Å²) in [6.45, 7) is 12.1. The SMILES string of the molecule is [3H]CC1(CO)CCN(C(=O)CCCCCNC(=O)c2ccc3c(c2)C(=O)OC32c3ccc(OC(=O)C(C)(C)C)cc3Oc3cc(OC(=O)C(C)(C)C)ccc32)CC1.[3H]OC. The second kappa shape index (κ2) is 17.3. The Kier molecular flexibility index (Phi) is 12.2. The van der Waals surface area contributed by atoms with E-state index in [1.807, 2.05) is 4.90 Å². The standard InChI is InChI=1S/C44H52N2O10.CH4O/c1-41(2,3)39(51)53-28-13-16-32-34(24-28)55-35-25-29(54-40(52)42(4,5)6)14-17-33(35)44(32)31-15-12-27(23-30(31)38(50)56-44)37(49)45-20-10-8-9-11-36(48)46-21-18-43(7,26-47)19-22-46;1-2/h12-17,23-25,47H,8-11,18-22,26H2,1-7H3,(H,45,49);2H,1H3/i7T;2T. The first-order valence-electron chi connectivity index (χ1n) is 20.7. The molecular weight excluding hydrogens is 744 g/mol. The third-order valence-electron chi connectivity index (χ3n) is 10.5. The fraction of sp³-hybridized carbons (Fsp3) is 0.489. The Hall–Kier alpha value is -5.27. The number of fused-ring (bicyclic) bond motifs is 6. The third kappa shape index (κ3) is 9.21. The second-order valence-electron chi connectivity index (χ2n) is 17.1. The predicted molar refractivity (Wildman–Crippen MR) is 215 cm³/mol. The van der Waals surface area contributed by atoms with E-state index in [4.69, 9.17) is 21.7 Å². The highest BCUT2D eigenvalue weighted by molar-refractivity contribution is 6.01.